The second-order valence-corrected chi connectivity index (χ2v) is 6.06. The van der Waals surface area contributed by atoms with Gasteiger partial charge in [-0.05, 0) is 18.2 Å². The number of nitrogens with zero attached hydrogens (tertiary/aromatic N) is 1. The molecule has 108 valence electrons. The summed E-state index contributed by atoms with van der Waals surface area (Å²) in [4.78, 5) is 25.6. The van der Waals surface area contributed by atoms with Gasteiger partial charge in [0.05, 0.1) is 18.6 Å². The summed E-state index contributed by atoms with van der Waals surface area (Å²) in [6, 6.07) is 6.92. The summed E-state index contributed by atoms with van der Waals surface area (Å²) in [5, 5.41) is 11.9. The number of benzene rings is 1. The van der Waals surface area contributed by atoms with Crippen LogP contribution in [0.1, 0.15) is 0 Å². The molecule has 0 aliphatic carbocycles. The first kappa shape index (κ1) is 12.9. The van der Waals surface area contributed by atoms with E-state index in [2.05, 4.69) is 0 Å². The zero-order valence-electron chi connectivity index (χ0n) is 10.9. The average molecular weight is 305 g/mol. The van der Waals surface area contributed by atoms with Gasteiger partial charge in [-0.15, -0.1) is 0 Å². The second-order valence-electron chi connectivity index (χ2n) is 5.62. The van der Waals surface area contributed by atoms with Gasteiger partial charge < -0.3 is 19.5 Å². The Hall–Kier alpha value is -1.85. The third kappa shape index (κ3) is 1.61. The zero-order valence-corrected chi connectivity index (χ0v) is 11.6. The van der Waals surface area contributed by atoms with Crippen LogP contribution in [0.15, 0.2) is 36.4 Å². The first-order chi connectivity index (χ1) is 10.0. The van der Waals surface area contributed by atoms with Gasteiger partial charge in [0.15, 0.2) is 0 Å². The van der Waals surface area contributed by atoms with Crippen molar-refractivity contribution in [3.05, 3.63) is 41.4 Å². The molecule has 0 unspecified atom stereocenters. The summed E-state index contributed by atoms with van der Waals surface area (Å²) in [6.45, 7) is 0.299. The highest BCUT2D eigenvalue weighted by molar-refractivity contribution is 6.31. The predicted molar refractivity (Wildman–Crippen MR) is 72.5 cm³/mol. The molecule has 0 radical (unpaired) electrons. The van der Waals surface area contributed by atoms with Crippen LogP contribution in [-0.4, -0.2) is 30.1 Å². The number of carbonyl (C=O) groups is 2. The van der Waals surface area contributed by atoms with E-state index in [-0.39, 0.29) is 5.91 Å². The monoisotopic (exact) mass is 304 g/mol. The van der Waals surface area contributed by atoms with Crippen LogP contribution in [0.3, 0.4) is 0 Å². The van der Waals surface area contributed by atoms with E-state index in [9.17, 15) is 14.7 Å². The minimum absolute atomic E-state index is 0.252. The Balaban J connectivity index is 1.75. The number of carboxylic acids is 1. The van der Waals surface area contributed by atoms with Crippen LogP contribution in [0.5, 0.6) is 0 Å². The molecule has 1 aromatic rings. The Labute approximate surface area is 125 Å². The van der Waals surface area contributed by atoms with Crippen LogP contribution in [0.4, 0.5) is 5.69 Å². The molecular formula is C15H11ClNO4-. The molecule has 6 heteroatoms. The number of ether oxygens (including phenoxy) is 1. The molecule has 2 saturated heterocycles. The number of hydrogen-bond acceptors (Lipinski definition) is 4. The molecule has 4 atom stereocenters. The molecule has 1 spiro atoms. The van der Waals surface area contributed by atoms with Gasteiger partial charge in [-0.3, -0.25) is 4.79 Å². The fraction of sp³-hybridized carbons (Fsp3) is 0.333. The van der Waals surface area contributed by atoms with Crippen LogP contribution in [0, 0.1) is 11.8 Å². The van der Waals surface area contributed by atoms with Crippen molar-refractivity contribution in [1.82, 2.24) is 0 Å². The Kier molecular flexibility index (Phi) is 2.50. The molecule has 4 rings (SSSR count). The van der Waals surface area contributed by atoms with Crippen LogP contribution in [-0.2, 0) is 14.3 Å². The number of carboxylic acid groups (broad SMARTS) is 1. The largest absolute Gasteiger partial charge is 0.550 e. The molecular weight excluding hydrogens is 294 g/mol. The van der Waals surface area contributed by atoms with Gasteiger partial charge in [0.25, 0.3) is 0 Å². The van der Waals surface area contributed by atoms with Crippen molar-refractivity contribution in [2.45, 2.75) is 11.7 Å². The first-order valence-electron chi connectivity index (χ1n) is 6.67. The molecule has 1 amide bonds. The van der Waals surface area contributed by atoms with Gasteiger partial charge in [-0.2, -0.15) is 0 Å². The maximum Gasteiger partial charge on any atom is 0.234 e. The Morgan fingerprint density at radius 1 is 1.48 bits per heavy atom. The van der Waals surface area contributed by atoms with Gasteiger partial charge in [-0.1, -0.05) is 29.8 Å². The predicted octanol–water partition coefficient (Wildman–Crippen LogP) is 0.376. The van der Waals surface area contributed by atoms with Gasteiger partial charge >= 0.3 is 0 Å². The van der Waals surface area contributed by atoms with E-state index in [1.165, 1.54) is 0 Å². The Morgan fingerprint density at radius 2 is 2.29 bits per heavy atom. The van der Waals surface area contributed by atoms with Crippen molar-refractivity contribution < 1.29 is 19.4 Å². The van der Waals surface area contributed by atoms with Gasteiger partial charge in [0.1, 0.15) is 5.60 Å². The second kappa shape index (κ2) is 4.08. The van der Waals surface area contributed by atoms with E-state index >= 15 is 0 Å². The maximum atomic E-state index is 12.7. The zero-order chi connectivity index (χ0) is 14.8. The third-order valence-corrected chi connectivity index (χ3v) is 4.73. The Bertz CT molecular complexity index is 688. The minimum atomic E-state index is -1.24. The molecule has 2 bridgehead atoms. The number of hydrogen-bond donors (Lipinski definition) is 0. The average Bonchev–Trinajstić information content (AvgIpc) is 3.07. The lowest BCUT2D eigenvalue weighted by Crippen LogP contribution is -2.45. The van der Waals surface area contributed by atoms with Crippen LogP contribution < -0.4 is 10.0 Å². The van der Waals surface area contributed by atoms with Crippen molar-refractivity contribution >= 4 is 29.2 Å². The first-order valence-corrected chi connectivity index (χ1v) is 7.05. The van der Waals surface area contributed by atoms with Crippen LogP contribution in [0.25, 0.3) is 0 Å². The highest BCUT2D eigenvalue weighted by atomic mass is 35.5. The fourth-order valence-electron chi connectivity index (χ4n) is 3.63. The van der Waals surface area contributed by atoms with Gasteiger partial charge in [0.2, 0.25) is 5.91 Å². The number of anilines is 1. The molecule has 0 N–H and O–H groups in total. The van der Waals surface area contributed by atoms with Crippen molar-refractivity contribution in [2.75, 3.05) is 11.4 Å². The standard InChI is InChI=1S/C15H12ClNO4/c16-8-2-1-3-9(6-8)17-7-15-5-4-10(21-15)11(14(19)20)12(15)13(17)18/h1-6,10-12H,7H2,(H,19,20)/p-1/t10-,11+,12+,15-/m1/s1. The van der Waals surface area contributed by atoms with E-state index in [0.29, 0.717) is 17.3 Å². The van der Waals surface area contributed by atoms with Crippen molar-refractivity contribution in [3.63, 3.8) is 0 Å². The topological polar surface area (TPSA) is 69.7 Å². The number of carbonyl (C=O) groups excluding carboxylic acids is 2. The van der Waals surface area contributed by atoms with Crippen molar-refractivity contribution in [2.24, 2.45) is 11.8 Å². The maximum absolute atomic E-state index is 12.7. The highest BCUT2D eigenvalue weighted by Crippen LogP contribution is 2.52. The smallest absolute Gasteiger partial charge is 0.234 e. The number of halogens is 1. The summed E-state index contributed by atoms with van der Waals surface area (Å²) in [5.41, 5.74) is -0.205. The van der Waals surface area contributed by atoms with Crippen LogP contribution in [0.2, 0.25) is 5.02 Å². The van der Waals surface area contributed by atoms with Crippen LogP contribution >= 0.6 is 11.6 Å². The molecule has 0 aromatic heterocycles. The molecule has 5 nitrogen and oxygen atoms in total. The molecule has 3 aliphatic heterocycles. The molecule has 3 aliphatic rings. The number of amides is 1. The summed E-state index contributed by atoms with van der Waals surface area (Å²) in [6.07, 6.45) is 2.96. The van der Waals surface area contributed by atoms with E-state index in [1.807, 2.05) is 6.08 Å². The van der Waals surface area contributed by atoms with Crippen molar-refractivity contribution in [1.29, 1.82) is 0 Å². The summed E-state index contributed by atoms with van der Waals surface area (Å²) in [7, 11) is 0. The van der Waals surface area contributed by atoms with E-state index in [4.69, 9.17) is 16.3 Å². The summed E-state index contributed by atoms with van der Waals surface area (Å²) in [5.74, 6) is -3.14. The lowest BCUT2D eigenvalue weighted by atomic mass is 9.77. The normalized spacial score (nSPS) is 36.3. The van der Waals surface area contributed by atoms with E-state index < -0.39 is 29.5 Å². The van der Waals surface area contributed by atoms with E-state index in [0.717, 1.165) is 0 Å². The molecule has 2 fully saturated rings. The lowest BCUT2D eigenvalue weighted by molar-refractivity contribution is -0.313. The molecule has 0 saturated carbocycles. The summed E-state index contributed by atoms with van der Waals surface area (Å²) < 4.78 is 5.78. The molecule has 3 heterocycles. The quantitative estimate of drug-likeness (QED) is 0.741. The molecule has 21 heavy (non-hydrogen) atoms. The molecule has 1 aromatic carbocycles. The fourth-order valence-corrected chi connectivity index (χ4v) is 3.81. The minimum Gasteiger partial charge on any atom is -0.550 e. The summed E-state index contributed by atoms with van der Waals surface area (Å²) >= 11 is 5.96. The SMILES string of the molecule is O=C([O-])[C@@H]1[C@H]2C(=O)N(c3cccc(Cl)c3)C[C@]23C=C[C@H]1O3. The number of fused-ring (bicyclic) bond motifs is 1. The van der Waals surface area contributed by atoms with E-state index in [1.54, 1.807) is 35.2 Å². The van der Waals surface area contributed by atoms with Crippen molar-refractivity contribution in [3.8, 4) is 0 Å². The highest BCUT2D eigenvalue weighted by Gasteiger charge is 2.65. The number of aliphatic carboxylic acids is 1. The third-order valence-electron chi connectivity index (χ3n) is 4.49. The lowest BCUT2D eigenvalue weighted by Gasteiger charge is -2.24. The Morgan fingerprint density at radius 3 is 3.00 bits per heavy atom. The number of rotatable bonds is 2. The van der Waals surface area contributed by atoms with Gasteiger partial charge in [-0.25, -0.2) is 0 Å². The van der Waals surface area contributed by atoms with Gasteiger partial charge in [0, 0.05) is 22.6 Å².